The van der Waals surface area contributed by atoms with Gasteiger partial charge in [-0.3, -0.25) is 14.5 Å². The van der Waals surface area contributed by atoms with Crippen LogP contribution in [0.2, 0.25) is 0 Å². The van der Waals surface area contributed by atoms with Crippen LogP contribution in [0, 0.1) is 12.8 Å². The molecule has 0 bridgehead atoms. The molecule has 3 rings (SSSR count). The normalized spacial score (nSPS) is 18.2. The van der Waals surface area contributed by atoms with Crippen LogP contribution < -0.4 is 5.73 Å². The van der Waals surface area contributed by atoms with Crippen LogP contribution in [0.4, 0.5) is 5.82 Å². The van der Waals surface area contributed by atoms with Gasteiger partial charge in [-0.15, -0.1) is 0 Å². The van der Waals surface area contributed by atoms with Gasteiger partial charge in [-0.25, -0.2) is 4.98 Å². The van der Waals surface area contributed by atoms with Gasteiger partial charge in [0.05, 0.1) is 29.3 Å². The highest BCUT2D eigenvalue weighted by Crippen LogP contribution is 2.22. The summed E-state index contributed by atoms with van der Waals surface area (Å²) in [6, 6.07) is 0. The van der Waals surface area contributed by atoms with E-state index < -0.39 is 0 Å². The predicted octanol–water partition coefficient (Wildman–Crippen LogP) is 2.07. The number of aromatic nitrogens is 4. The molecule has 2 N–H and O–H groups in total. The molecule has 1 aliphatic heterocycles. The summed E-state index contributed by atoms with van der Waals surface area (Å²) in [4.78, 5) is 23.3. The number of rotatable bonds is 4. The van der Waals surface area contributed by atoms with E-state index >= 15 is 0 Å². The zero-order valence-corrected chi connectivity index (χ0v) is 15.0. The lowest BCUT2D eigenvalue weighted by Crippen LogP contribution is -2.32. The molecule has 2 aromatic rings. The van der Waals surface area contributed by atoms with Gasteiger partial charge < -0.3 is 10.6 Å². The summed E-state index contributed by atoms with van der Waals surface area (Å²) in [5.41, 5.74) is 8.10. The second-order valence-corrected chi connectivity index (χ2v) is 6.71. The number of hydrogen-bond acceptors (Lipinski definition) is 5. The predicted molar refractivity (Wildman–Crippen MR) is 96.0 cm³/mol. The first-order chi connectivity index (χ1) is 12.1. The van der Waals surface area contributed by atoms with Crippen LogP contribution in [0.15, 0.2) is 18.6 Å². The number of amides is 1. The van der Waals surface area contributed by atoms with Crippen molar-refractivity contribution in [2.24, 2.45) is 5.92 Å². The number of carbonyl (C=O) groups excluding carboxylic acids is 1. The van der Waals surface area contributed by atoms with E-state index in [1.807, 2.05) is 29.6 Å². The zero-order chi connectivity index (χ0) is 17.8. The Morgan fingerprint density at radius 2 is 2.12 bits per heavy atom. The highest BCUT2D eigenvalue weighted by atomic mass is 16.2. The summed E-state index contributed by atoms with van der Waals surface area (Å²) in [7, 11) is 0. The van der Waals surface area contributed by atoms with Crippen molar-refractivity contribution >= 4 is 11.7 Å². The molecule has 1 fully saturated rings. The van der Waals surface area contributed by atoms with Crippen LogP contribution in [0.5, 0.6) is 0 Å². The lowest BCUT2D eigenvalue weighted by Gasteiger charge is -2.20. The molecule has 3 heterocycles. The molecule has 2 aromatic heterocycles. The van der Waals surface area contributed by atoms with E-state index in [0.717, 1.165) is 62.3 Å². The van der Waals surface area contributed by atoms with Gasteiger partial charge >= 0.3 is 0 Å². The zero-order valence-electron chi connectivity index (χ0n) is 15.0. The van der Waals surface area contributed by atoms with Gasteiger partial charge in [0.1, 0.15) is 5.82 Å². The van der Waals surface area contributed by atoms with Crippen LogP contribution in [0.25, 0.3) is 0 Å². The van der Waals surface area contributed by atoms with E-state index in [-0.39, 0.29) is 5.91 Å². The molecule has 25 heavy (non-hydrogen) atoms. The summed E-state index contributed by atoms with van der Waals surface area (Å²) < 4.78 is 1.82. The fourth-order valence-electron chi connectivity index (χ4n) is 3.40. The van der Waals surface area contributed by atoms with E-state index in [1.54, 1.807) is 12.4 Å². The number of likely N-dealkylation sites (tertiary alicyclic amines) is 1. The standard InChI is InChI=1S/C18H26N6O/c1-3-24-12-16(13(2)22-24)18(25)23-7-4-5-14(6-8-23)9-15-10-21-17(19)11-20-15/h10-12,14H,3-9H2,1-2H3,(H2,19,21)/t14-/m0/s1. The summed E-state index contributed by atoms with van der Waals surface area (Å²) >= 11 is 0. The molecule has 0 saturated carbocycles. The Kier molecular flexibility index (Phi) is 5.31. The average molecular weight is 342 g/mol. The average Bonchev–Trinajstić information content (AvgIpc) is 2.84. The number of nitrogens with two attached hydrogens (primary N) is 1. The first kappa shape index (κ1) is 17.4. The second-order valence-electron chi connectivity index (χ2n) is 6.71. The molecule has 0 spiro atoms. The van der Waals surface area contributed by atoms with Gasteiger partial charge in [-0.2, -0.15) is 5.10 Å². The van der Waals surface area contributed by atoms with Crippen LogP contribution in [-0.2, 0) is 13.0 Å². The smallest absolute Gasteiger partial charge is 0.257 e. The van der Waals surface area contributed by atoms with Crippen LogP contribution in [0.1, 0.15) is 47.9 Å². The van der Waals surface area contributed by atoms with Crippen molar-refractivity contribution in [3.63, 3.8) is 0 Å². The fourth-order valence-corrected chi connectivity index (χ4v) is 3.40. The lowest BCUT2D eigenvalue weighted by molar-refractivity contribution is 0.0759. The Labute approximate surface area is 148 Å². The first-order valence-electron chi connectivity index (χ1n) is 8.96. The molecule has 1 amide bonds. The van der Waals surface area contributed by atoms with Crippen LogP contribution >= 0.6 is 0 Å². The molecule has 0 aromatic carbocycles. The van der Waals surface area contributed by atoms with Crippen molar-refractivity contribution in [3.05, 3.63) is 35.5 Å². The van der Waals surface area contributed by atoms with E-state index in [9.17, 15) is 4.79 Å². The topological polar surface area (TPSA) is 89.9 Å². The van der Waals surface area contributed by atoms with E-state index in [0.29, 0.717) is 11.7 Å². The van der Waals surface area contributed by atoms with Gasteiger partial charge in [-0.05, 0) is 45.4 Å². The van der Waals surface area contributed by atoms with Crippen molar-refractivity contribution in [2.75, 3.05) is 18.8 Å². The lowest BCUT2D eigenvalue weighted by atomic mass is 9.95. The van der Waals surface area contributed by atoms with Gasteiger partial charge in [-0.1, -0.05) is 0 Å². The van der Waals surface area contributed by atoms with Gasteiger partial charge in [0.25, 0.3) is 5.91 Å². The Hall–Kier alpha value is -2.44. The molecule has 7 heteroatoms. The maximum absolute atomic E-state index is 12.8. The minimum absolute atomic E-state index is 0.102. The van der Waals surface area contributed by atoms with Gasteiger partial charge in [0, 0.05) is 25.8 Å². The molecule has 0 unspecified atom stereocenters. The van der Waals surface area contributed by atoms with Crippen molar-refractivity contribution in [1.29, 1.82) is 0 Å². The number of anilines is 1. The Morgan fingerprint density at radius 1 is 1.28 bits per heavy atom. The SMILES string of the molecule is CCn1cc(C(=O)N2CCC[C@H](Cc3cnc(N)cn3)CC2)c(C)n1. The van der Waals surface area contributed by atoms with Gasteiger partial charge in [0.2, 0.25) is 0 Å². The Morgan fingerprint density at radius 3 is 2.80 bits per heavy atom. The molecular formula is C18H26N6O. The quantitative estimate of drug-likeness (QED) is 0.918. The maximum atomic E-state index is 12.8. The molecule has 7 nitrogen and oxygen atoms in total. The van der Waals surface area contributed by atoms with Crippen molar-refractivity contribution in [3.8, 4) is 0 Å². The van der Waals surface area contributed by atoms with Crippen molar-refractivity contribution in [2.45, 2.75) is 46.1 Å². The number of hydrogen-bond donors (Lipinski definition) is 1. The van der Waals surface area contributed by atoms with Crippen LogP contribution in [-0.4, -0.2) is 43.6 Å². The third-order valence-electron chi connectivity index (χ3n) is 4.86. The highest BCUT2D eigenvalue weighted by Gasteiger charge is 2.24. The molecular weight excluding hydrogens is 316 g/mol. The van der Waals surface area contributed by atoms with E-state index in [1.165, 1.54) is 0 Å². The largest absolute Gasteiger partial charge is 0.382 e. The molecule has 1 aliphatic rings. The number of carbonyl (C=O) groups is 1. The monoisotopic (exact) mass is 342 g/mol. The third kappa shape index (κ3) is 4.15. The molecule has 1 atom stereocenters. The Balaban J connectivity index is 1.61. The van der Waals surface area contributed by atoms with Crippen molar-refractivity contribution < 1.29 is 4.79 Å². The Bertz CT molecular complexity index is 724. The molecule has 134 valence electrons. The van der Waals surface area contributed by atoms with Crippen molar-refractivity contribution in [1.82, 2.24) is 24.6 Å². The first-order valence-corrected chi connectivity index (χ1v) is 8.96. The fraction of sp³-hybridized carbons (Fsp3) is 0.556. The maximum Gasteiger partial charge on any atom is 0.257 e. The molecule has 0 radical (unpaired) electrons. The highest BCUT2D eigenvalue weighted by molar-refractivity contribution is 5.95. The van der Waals surface area contributed by atoms with E-state index in [2.05, 4.69) is 15.1 Å². The summed E-state index contributed by atoms with van der Waals surface area (Å²) in [6.07, 6.45) is 9.22. The number of nitrogen functional groups attached to an aromatic ring is 1. The summed E-state index contributed by atoms with van der Waals surface area (Å²) in [5.74, 6) is 1.07. The van der Waals surface area contributed by atoms with Crippen LogP contribution in [0.3, 0.4) is 0 Å². The summed E-state index contributed by atoms with van der Waals surface area (Å²) in [5, 5.41) is 4.39. The third-order valence-corrected chi connectivity index (χ3v) is 4.86. The minimum Gasteiger partial charge on any atom is -0.382 e. The number of aryl methyl sites for hydroxylation is 2. The summed E-state index contributed by atoms with van der Waals surface area (Å²) in [6.45, 7) is 6.29. The second kappa shape index (κ2) is 7.63. The van der Waals surface area contributed by atoms with Gasteiger partial charge in [0.15, 0.2) is 0 Å². The molecule has 1 saturated heterocycles. The minimum atomic E-state index is 0.102. The van der Waals surface area contributed by atoms with E-state index in [4.69, 9.17) is 5.73 Å². The number of nitrogens with zero attached hydrogens (tertiary/aromatic N) is 5. The molecule has 0 aliphatic carbocycles.